The molecular weight excluding hydrogens is 108 g/mol. The van der Waals surface area contributed by atoms with E-state index in [1.54, 1.807) is 0 Å². The average molecular weight is 117 g/mol. The van der Waals surface area contributed by atoms with E-state index in [9.17, 15) is 0 Å². The van der Waals surface area contributed by atoms with Gasteiger partial charge >= 0.3 is 0 Å². The number of rotatable bonds is 0. The Hall–Kier alpha value is 0.0300. The van der Waals surface area contributed by atoms with Crippen molar-refractivity contribution in [3.8, 4) is 0 Å². The van der Waals surface area contributed by atoms with Gasteiger partial charge in [0.25, 0.3) is 0 Å². The summed E-state index contributed by atoms with van der Waals surface area (Å²) in [5.41, 5.74) is 1.44. The highest BCUT2D eigenvalue weighted by Crippen LogP contribution is 2.21. The van der Waals surface area contributed by atoms with Crippen molar-refractivity contribution in [3.63, 3.8) is 0 Å². The molecule has 1 rings (SSSR count). The number of hydrogen-bond acceptors (Lipinski definition) is 0. The smallest absolute Gasteiger partial charge is 0.0521 e. The summed E-state index contributed by atoms with van der Waals surface area (Å²) in [6.07, 6.45) is 4.48. The van der Waals surface area contributed by atoms with Crippen LogP contribution in [-0.4, -0.2) is 5.38 Å². The van der Waals surface area contributed by atoms with E-state index in [0.29, 0.717) is 5.38 Å². The van der Waals surface area contributed by atoms with E-state index in [1.165, 1.54) is 12.0 Å². The van der Waals surface area contributed by atoms with Crippen LogP contribution >= 0.6 is 11.6 Å². The molecule has 0 aliphatic heterocycles. The molecule has 1 heteroatoms. The van der Waals surface area contributed by atoms with Crippen molar-refractivity contribution in [2.45, 2.75) is 25.1 Å². The van der Waals surface area contributed by atoms with Gasteiger partial charge in [-0.1, -0.05) is 11.6 Å². The Kier molecular flexibility index (Phi) is 1.38. The Labute approximate surface area is 49.2 Å². The van der Waals surface area contributed by atoms with Gasteiger partial charge in [-0.15, -0.1) is 11.6 Å². The molecule has 7 heavy (non-hydrogen) atoms. The minimum absolute atomic E-state index is 0.333. The molecule has 0 saturated heterocycles. The summed E-state index contributed by atoms with van der Waals surface area (Å²) in [4.78, 5) is 0. The van der Waals surface area contributed by atoms with Crippen LogP contribution in [0.1, 0.15) is 19.8 Å². The van der Waals surface area contributed by atoms with E-state index in [0.717, 1.165) is 6.42 Å². The number of alkyl halides is 1. The first-order valence-electron chi connectivity index (χ1n) is 2.60. The maximum absolute atomic E-state index is 5.73. The molecule has 40 valence electrons. The number of halogens is 1. The van der Waals surface area contributed by atoms with Crippen LogP contribution in [-0.2, 0) is 0 Å². The molecule has 0 nitrogen and oxygen atoms in total. The molecule has 1 aliphatic rings. The second kappa shape index (κ2) is 1.87. The van der Waals surface area contributed by atoms with Gasteiger partial charge in [-0.25, -0.2) is 0 Å². The maximum Gasteiger partial charge on any atom is 0.0521 e. The third-order valence-electron chi connectivity index (χ3n) is 1.28. The highest BCUT2D eigenvalue weighted by Gasteiger charge is 2.07. The summed E-state index contributed by atoms with van der Waals surface area (Å²) in [5, 5.41) is 0.333. The van der Waals surface area contributed by atoms with Gasteiger partial charge in [-0.2, -0.15) is 0 Å². The van der Waals surface area contributed by atoms with Crippen LogP contribution in [0.2, 0.25) is 0 Å². The van der Waals surface area contributed by atoms with Crippen LogP contribution in [0.5, 0.6) is 0 Å². The largest absolute Gasteiger partial charge is 0.118 e. The van der Waals surface area contributed by atoms with Crippen LogP contribution in [0, 0.1) is 0 Å². The highest BCUT2D eigenvalue weighted by molar-refractivity contribution is 6.22. The lowest BCUT2D eigenvalue weighted by Crippen LogP contribution is -1.81. The summed E-state index contributed by atoms with van der Waals surface area (Å²) in [5.74, 6) is 0. The molecule has 0 heterocycles. The van der Waals surface area contributed by atoms with Gasteiger partial charge in [-0.3, -0.25) is 0 Å². The van der Waals surface area contributed by atoms with Crippen molar-refractivity contribution in [1.82, 2.24) is 0 Å². The van der Waals surface area contributed by atoms with Gasteiger partial charge in [-0.05, 0) is 19.8 Å². The molecular formula is C6H9Cl. The molecule has 1 aliphatic carbocycles. The number of allylic oxidation sites excluding steroid dienone is 2. The van der Waals surface area contributed by atoms with Crippen molar-refractivity contribution in [3.05, 3.63) is 11.6 Å². The second-order valence-corrected chi connectivity index (χ2v) is 2.63. The fourth-order valence-electron chi connectivity index (χ4n) is 0.841. The summed E-state index contributed by atoms with van der Waals surface area (Å²) < 4.78 is 0. The van der Waals surface area contributed by atoms with Gasteiger partial charge < -0.3 is 0 Å². The maximum atomic E-state index is 5.73. The lowest BCUT2D eigenvalue weighted by atomic mass is 10.3. The van der Waals surface area contributed by atoms with Crippen LogP contribution in [0.4, 0.5) is 0 Å². The average Bonchev–Trinajstić information content (AvgIpc) is 1.87. The predicted octanol–water partition coefficient (Wildman–Crippen LogP) is 2.33. The summed E-state index contributed by atoms with van der Waals surface area (Å²) in [6, 6.07) is 0. The van der Waals surface area contributed by atoms with E-state index >= 15 is 0 Å². The molecule has 0 radical (unpaired) electrons. The molecule has 0 saturated carbocycles. The molecule has 1 unspecified atom stereocenters. The molecule has 0 spiro atoms. The molecule has 0 aromatic rings. The lowest BCUT2D eigenvalue weighted by Gasteiger charge is -1.86. The number of hydrogen-bond donors (Lipinski definition) is 0. The van der Waals surface area contributed by atoms with Crippen molar-refractivity contribution < 1.29 is 0 Å². The Bertz CT molecular complexity index is 94.4. The van der Waals surface area contributed by atoms with Gasteiger partial charge in [0.1, 0.15) is 0 Å². The van der Waals surface area contributed by atoms with E-state index in [-0.39, 0.29) is 0 Å². The van der Waals surface area contributed by atoms with Gasteiger partial charge in [0.2, 0.25) is 0 Å². The first-order valence-corrected chi connectivity index (χ1v) is 3.04. The Morgan fingerprint density at radius 3 is 2.71 bits per heavy atom. The minimum atomic E-state index is 0.333. The minimum Gasteiger partial charge on any atom is -0.118 e. The first kappa shape index (κ1) is 5.17. The van der Waals surface area contributed by atoms with Crippen molar-refractivity contribution in [1.29, 1.82) is 0 Å². The SMILES string of the molecule is CC1=CC(Cl)CC1. The van der Waals surface area contributed by atoms with Crippen LogP contribution in [0.3, 0.4) is 0 Å². The first-order chi connectivity index (χ1) is 3.29. The summed E-state index contributed by atoms with van der Waals surface area (Å²) in [7, 11) is 0. The van der Waals surface area contributed by atoms with E-state index in [2.05, 4.69) is 13.0 Å². The summed E-state index contributed by atoms with van der Waals surface area (Å²) in [6.45, 7) is 2.13. The zero-order valence-corrected chi connectivity index (χ0v) is 5.20. The molecule has 0 aromatic carbocycles. The Morgan fingerprint density at radius 1 is 1.86 bits per heavy atom. The monoisotopic (exact) mass is 116 g/mol. The van der Waals surface area contributed by atoms with Crippen LogP contribution in [0.15, 0.2) is 11.6 Å². The van der Waals surface area contributed by atoms with Crippen LogP contribution in [0.25, 0.3) is 0 Å². The molecule has 0 fully saturated rings. The van der Waals surface area contributed by atoms with Gasteiger partial charge in [0.15, 0.2) is 0 Å². The van der Waals surface area contributed by atoms with E-state index < -0.39 is 0 Å². The topological polar surface area (TPSA) is 0 Å². The zero-order valence-electron chi connectivity index (χ0n) is 4.45. The zero-order chi connectivity index (χ0) is 5.28. The quantitative estimate of drug-likeness (QED) is 0.337. The lowest BCUT2D eigenvalue weighted by molar-refractivity contribution is 0.912. The Balaban J connectivity index is 2.50. The second-order valence-electron chi connectivity index (χ2n) is 2.07. The molecule has 1 atom stereocenters. The third-order valence-corrected chi connectivity index (χ3v) is 1.62. The fourth-order valence-corrected chi connectivity index (χ4v) is 1.17. The summed E-state index contributed by atoms with van der Waals surface area (Å²) >= 11 is 5.73. The van der Waals surface area contributed by atoms with Crippen molar-refractivity contribution >= 4 is 11.6 Å². The predicted molar refractivity (Wildman–Crippen MR) is 32.6 cm³/mol. The highest BCUT2D eigenvalue weighted by atomic mass is 35.5. The normalized spacial score (nSPS) is 30.6. The molecule has 0 amide bonds. The van der Waals surface area contributed by atoms with Crippen LogP contribution < -0.4 is 0 Å². The van der Waals surface area contributed by atoms with Gasteiger partial charge in [0.05, 0.1) is 5.38 Å². The van der Waals surface area contributed by atoms with Gasteiger partial charge in [0, 0.05) is 0 Å². The van der Waals surface area contributed by atoms with Crippen molar-refractivity contribution in [2.75, 3.05) is 0 Å². The molecule has 0 bridgehead atoms. The van der Waals surface area contributed by atoms with E-state index in [4.69, 9.17) is 11.6 Å². The molecule has 0 aromatic heterocycles. The fraction of sp³-hybridized carbons (Fsp3) is 0.667. The third kappa shape index (κ3) is 1.20. The standard InChI is InChI=1S/C6H9Cl/c1-5-2-3-6(7)4-5/h4,6H,2-3H2,1H3. The Morgan fingerprint density at radius 2 is 2.57 bits per heavy atom. The van der Waals surface area contributed by atoms with Crippen molar-refractivity contribution in [2.24, 2.45) is 0 Å². The molecule has 0 N–H and O–H groups in total. The van der Waals surface area contributed by atoms with E-state index in [1.807, 2.05) is 0 Å².